The summed E-state index contributed by atoms with van der Waals surface area (Å²) in [5.41, 5.74) is 8.86. The molecule has 0 saturated heterocycles. The van der Waals surface area contributed by atoms with E-state index < -0.39 is 0 Å². The molecule has 6 aromatic rings. The van der Waals surface area contributed by atoms with Crippen molar-refractivity contribution in [3.63, 3.8) is 0 Å². The van der Waals surface area contributed by atoms with Crippen molar-refractivity contribution in [2.45, 2.75) is 0 Å². The largest absolute Gasteiger partial charge is 0.263 e. The number of benzene rings is 4. The smallest absolute Gasteiger partial charge is 0.159 e. The van der Waals surface area contributed by atoms with Crippen LogP contribution in [0.25, 0.3) is 61.1 Å². The topological polar surface area (TPSA) is 38.7 Å². The minimum Gasteiger partial charge on any atom is -0.263 e. The van der Waals surface area contributed by atoms with Gasteiger partial charge in [-0.3, -0.25) is 4.98 Å². The van der Waals surface area contributed by atoms with Crippen LogP contribution in [0.5, 0.6) is 0 Å². The highest BCUT2D eigenvalue weighted by molar-refractivity contribution is 5.96. The lowest BCUT2D eigenvalue weighted by atomic mass is 9.97. The molecule has 0 radical (unpaired) electrons. The maximum atomic E-state index is 4.95. The Morgan fingerprint density at radius 2 is 1.23 bits per heavy atom. The van der Waals surface area contributed by atoms with Crippen molar-refractivity contribution in [2.75, 3.05) is 0 Å². The van der Waals surface area contributed by atoms with E-state index in [1.807, 2.05) is 36.7 Å². The zero-order valence-electron chi connectivity index (χ0n) is 22.0. The Labute approximate surface area is 234 Å². The Bertz CT molecular complexity index is 1880. The lowest BCUT2D eigenvalue weighted by Crippen LogP contribution is -1.98. The van der Waals surface area contributed by atoms with E-state index in [9.17, 15) is 0 Å². The van der Waals surface area contributed by atoms with E-state index in [2.05, 4.69) is 115 Å². The summed E-state index contributed by atoms with van der Waals surface area (Å²) in [4.78, 5) is 14.4. The van der Waals surface area contributed by atoms with Gasteiger partial charge in [0.2, 0.25) is 0 Å². The fourth-order valence-corrected chi connectivity index (χ4v) is 4.83. The monoisotopic (exact) mass is 513 g/mol. The predicted molar refractivity (Wildman–Crippen MR) is 167 cm³/mol. The highest BCUT2D eigenvalue weighted by atomic mass is 14.9. The first-order chi connectivity index (χ1) is 19.7. The number of allylic oxidation sites excluding steroid dienone is 4. The Balaban J connectivity index is 1.48. The van der Waals surface area contributed by atoms with Crippen molar-refractivity contribution in [1.82, 2.24) is 15.0 Å². The molecule has 190 valence electrons. The molecule has 0 N–H and O–H groups in total. The van der Waals surface area contributed by atoms with E-state index in [1.165, 1.54) is 5.39 Å². The van der Waals surface area contributed by atoms with Gasteiger partial charge in [0.05, 0.1) is 11.4 Å². The van der Waals surface area contributed by atoms with Crippen LogP contribution in [0.1, 0.15) is 5.82 Å². The van der Waals surface area contributed by atoms with Gasteiger partial charge in [-0.05, 0) is 40.3 Å². The Hall–Kier alpha value is -5.41. The van der Waals surface area contributed by atoms with Crippen LogP contribution in [0.15, 0.2) is 153 Å². The van der Waals surface area contributed by atoms with E-state index in [0.29, 0.717) is 5.82 Å². The van der Waals surface area contributed by atoms with Crippen molar-refractivity contribution in [1.29, 1.82) is 0 Å². The van der Waals surface area contributed by atoms with Gasteiger partial charge in [0, 0.05) is 40.0 Å². The summed E-state index contributed by atoms with van der Waals surface area (Å²) >= 11 is 0. The van der Waals surface area contributed by atoms with Gasteiger partial charge in [-0.1, -0.05) is 122 Å². The summed E-state index contributed by atoms with van der Waals surface area (Å²) in [6, 6.07) is 37.6. The maximum absolute atomic E-state index is 4.95. The average Bonchev–Trinajstić information content (AvgIpc) is 3.03. The SMILES string of the molecule is C=C/C=C\C(=C)c1nc(-c2cccc(-c3ccccc3)c2)cc(-c2cccc(-c3cncc4ccccc34)c2)n1. The normalized spacial score (nSPS) is 11.1. The molecule has 0 bridgehead atoms. The molecule has 0 saturated carbocycles. The fourth-order valence-electron chi connectivity index (χ4n) is 4.83. The van der Waals surface area contributed by atoms with Gasteiger partial charge < -0.3 is 0 Å². The molecule has 2 heterocycles. The molecule has 2 aromatic heterocycles. The molecule has 0 aliphatic rings. The van der Waals surface area contributed by atoms with Gasteiger partial charge >= 0.3 is 0 Å². The lowest BCUT2D eigenvalue weighted by Gasteiger charge is -2.12. The molecule has 0 fully saturated rings. The second-order valence-electron chi connectivity index (χ2n) is 9.52. The van der Waals surface area contributed by atoms with Gasteiger partial charge in [-0.25, -0.2) is 9.97 Å². The zero-order chi connectivity index (χ0) is 27.3. The number of hydrogen-bond acceptors (Lipinski definition) is 3. The summed E-state index contributed by atoms with van der Waals surface area (Å²) in [7, 11) is 0. The Morgan fingerprint density at radius 3 is 1.98 bits per heavy atom. The van der Waals surface area contributed by atoms with E-state index in [-0.39, 0.29) is 0 Å². The first kappa shape index (κ1) is 24.9. The molecule has 0 spiro atoms. The van der Waals surface area contributed by atoms with Crippen molar-refractivity contribution < 1.29 is 0 Å². The molecule has 40 heavy (non-hydrogen) atoms. The zero-order valence-corrected chi connectivity index (χ0v) is 22.0. The standard InChI is InChI=1S/C37H27N3/c1-3-4-12-26(2)37-39-35(30-18-10-16-28(21-30)27-13-6-5-7-14-27)23-36(40-37)31-19-11-17-29(22-31)34-25-38-24-32-15-8-9-20-33(32)34/h3-25H,1-2H2/b12-4-. The van der Waals surface area contributed by atoms with E-state index in [1.54, 1.807) is 6.08 Å². The van der Waals surface area contributed by atoms with Gasteiger partial charge in [0.1, 0.15) is 0 Å². The number of aromatic nitrogens is 3. The number of nitrogens with zero attached hydrogens (tertiary/aromatic N) is 3. The molecule has 3 nitrogen and oxygen atoms in total. The minimum atomic E-state index is 0.577. The third kappa shape index (κ3) is 5.13. The van der Waals surface area contributed by atoms with Crippen LogP contribution < -0.4 is 0 Å². The second kappa shape index (κ2) is 11.1. The first-order valence-corrected chi connectivity index (χ1v) is 13.2. The van der Waals surface area contributed by atoms with Crippen molar-refractivity contribution in [2.24, 2.45) is 0 Å². The van der Waals surface area contributed by atoms with Crippen LogP contribution in [-0.4, -0.2) is 15.0 Å². The van der Waals surface area contributed by atoms with Gasteiger partial charge in [-0.2, -0.15) is 0 Å². The third-order valence-corrected chi connectivity index (χ3v) is 6.85. The quantitative estimate of drug-likeness (QED) is 0.200. The van der Waals surface area contributed by atoms with Crippen LogP contribution >= 0.6 is 0 Å². The summed E-state index contributed by atoms with van der Waals surface area (Å²) < 4.78 is 0. The van der Waals surface area contributed by atoms with Crippen LogP contribution in [0.2, 0.25) is 0 Å². The molecule has 0 aliphatic heterocycles. The molecule has 6 rings (SSSR count). The summed E-state index contributed by atoms with van der Waals surface area (Å²) in [5, 5.41) is 2.28. The molecular formula is C37H27N3. The van der Waals surface area contributed by atoms with E-state index in [4.69, 9.17) is 9.97 Å². The molecule has 4 aromatic carbocycles. The minimum absolute atomic E-state index is 0.577. The number of fused-ring (bicyclic) bond motifs is 1. The molecule has 0 aliphatic carbocycles. The third-order valence-electron chi connectivity index (χ3n) is 6.85. The van der Waals surface area contributed by atoms with Crippen LogP contribution in [0.3, 0.4) is 0 Å². The van der Waals surface area contributed by atoms with Crippen molar-refractivity contribution >= 4 is 16.3 Å². The second-order valence-corrected chi connectivity index (χ2v) is 9.52. The number of hydrogen-bond donors (Lipinski definition) is 0. The molecular weight excluding hydrogens is 486 g/mol. The predicted octanol–water partition coefficient (Wildman–Crippen LogP) is 9.45. The highest BCUT2D eigenvalue weighted by Crippen LogP contribution is 2.33. The number of rotatable bonds is 7. The van der Waals surface area contributed by atoms with Gasteiger partial charge in [-0.15, -0.1) is 0 Å². The number of pyridine rings is 1. The van der Waals surface area contributed by atoms with Crippen LogP contribution in [-0.2, 0) is 0 Å². The lowest BCUT2D eigenvalue weighted by molar-refractivity contribution is 1.13. The summed E-state index contributed by atoms with van der Waals surface area (Å²) in [5.74, 6) is 0.577. The summed E-state index contributed by atoms with van der Waals surface area (Å²) in [6.07, 6.45) is 9.28. The van der Waals surface area contributed by atoms with Crippen LogP contribution in [0, 0.1) is 0 Å². The Morgan fingerprint density at radius 1 is 0.600 bits per heavy atom. The van der Waals surface area contributed by atoms with Gasteiger partial charge in [0.15, 0.2) is 5.82 Å². The fraction of sp³-hybridized carbons (Fsp3) is 0. The maximum Gasteiger partial charge on any atom is 0.159 e. The average molecular weight is 514 g/mol. The van der Waals surface area contributed by atoms with Crippen LogP contribution in [0.4, 0.5) is 0 Å². The van der Waals surface area contributed by atoms with E-state index >= 15 is 0 Å². The van der Waals surface area contributed by atoms with E-state index in [0.717, 1.165) is 55.7 Å². The van der Waals surface area contributed by atoms with Gasteiger partial charge in [0.25, 0.3) is 0 Å². The molecule has 0 amide bonds. The van der Waals surface area contributed by atoms with Crippen molar-refractivity contribution in [3.05, 3.63) is 159 Å². The molecule has 0 unspecified atom stereocenters. The Kier molecular flexibility index (Phi) is 6.93. The first-order valence-electron chi connectivity index (χ1n) is 13.2. The summed E-state index contributed by atoms with van der Waals surface area (Å²) in [6.45, 7) is 8.01. The molecule has 3 heteroatoms. The molecule has 0 atom stereocenters. The highest BCUT2D eigenvalue weighted by Gasteiger charge is 2.13. The van der Waals surface area contributed by atoms with Crippen molar-refractivity contribution in [3.8, 4) is 44.8 Å².